The van der Waals surface area contributed by atoms with Gasteiger partial charge in [-0.05, 0) is 36.4 Å². The summed E-state index contributed by atoms with van der Waals surface area (Å²) in [6.07, 6.45) is 0. The molecule has 2 amide bonds. The monoisotopic (exact) mass is 430 g/mol. The van der Waals surface area contributed by atoms with Crippen LogP contribution < -0.4 is 10.0 Å². The van der Waals surface area contributed by atoms with Gasteiger partial charge in [-0.15, -0.1) is 0 Å². The summed E-state index contributed by atoms with van der Waals surface area (Å²) in [5, 5.41) is 2.23. The Kier molecular flexibility index (Phi) is 6.70. The number of halogens is 1. The molecule has 0 saturated heterocycles. The minimum atomic E-state index is -4.20. The topological polar surface area (TPSA) is 120 Å². The molecule has 21 heavy (non-hydrogen) atoms. The normalized spacial score (nSPS) is 11.2. The van der Waals surface area contributed by atoms with Crippen molar-refractivity contribution in [1.29, 1.82) is 0 Å². The van der Waals surface area contributed by atoms with Gasteiger partial charge in [-0.1, -0.05) is 0 Å². The van der Waals surface area contributed by atoms with Gasteiger partial charge < -0.3 is 4.74 Å². The van der Waals surface area contributed by atoms with Crippen molar-refractivity contribution in [2.24, 2.45) is 0 Å². The quantitative estimate of drug-likeness (QED) is 0.505. The van der Waals surface area contributed by atoms with E-state index in [-0.39, 0.29) is 19.2 Å². The molecule has 1 aromatic heterocycles. The van der Waals surface area contributed by atoms with E-state index in [0.29, 0.717) is 11.4 Å². The minimum Gasteiger partial charge on any atom is -0.382 e. The van der Waals surface area contributed by atoms with Gasteiger partial charge in [0, 0.05) is 7.11 Å². The fourth-order valence-corrected chi connectivity index (χ4v) is 2.12. The highest BCUT2D eigenvalue weighted by molar-refractivity contribution is 14.1. The summed E-state index contributed by atoms with van der Waals surface area (Å²) in [7, 11) is -2.80. The summed E-state index contributed by atoms with van der Waals surface area (Å²) < 4.78 is 34.5. The zero-order valence-electron chi connectivity index (χ0n) is 11.6. The van der Waals surface area contributed by atoms with Gasteiger partial charge in [0.25, 0.3) is 0 Å². The van der Waals surface area contributed by atoms with Crippen molar-refractivity contribution in [2.75, 3.05) is 25.6 Å². The SMILES string of the molecule is COCCOS(=O)(=O)NC(=O)Nc1nc(C)c(I)c(C)n1. The lowest BCUT2D eigenvalue weighted by Crippen LogP contribution is -2.36. The second kappa shape index (κ2) is 7.82. The van der Waals surface area contributed by atoms with Crippen molar-refractivity contribution >= 4 is 44.9 Å². The van der Waals surface area contributed by atoms with Crippen molar-refractivity contribution < 1.29 is 22.1 Å². The summed E-state index contributed by atoms with van der Waals surface area (Å²) in [5.74, 6) is 0.00927. The average Bonchev–Trinajstić information content (AvgIpc) is 2.35. The molecular formula is C10H15IN4O5S. The Labute approximate surface area is 136 Å². The Hall–Kier alpha value is -1.05. The molecule has 0 aliphatic heterocycles. The van der Waals surface area contributed by atoms with Gasteiger partial charge in [0.2, 0.25) is 5.95 Å². The second-order valence-electron chi connectivity index (χ2n) is 3.86. The van der Waals surface area contributed by atoms with E-state index in [1.807, 2.05) is 0 Å². The third-order valence-corrected chi connectivity index (χ3v) is 4.63. The van der Waals surface area contributed by atoms with Crippen LogP contribution in [0.4, 0.5) is 10.7 Å². The Morgan fingerprint density at radius 1 is 1.24 bits per heavy atom. The number of methoxy groups -OCH3 is 1. The zero-order chi connectivity index (χ0) is 16.0. The number of carbonyl (C=O) groups excluding carboxylic acids is 1. The van der Waals surface area contributed by atoms with Crippen LogP contribution in [0.15, 0.2) is 0 Å². The van der Waals surface area contributed by atoms with Gasteiger partial charge in [-0.25, -0.2) is 19.5 Å². The highest BCUT2D eigenvalue weighted by atomic mass is 127. The molecule has 0 spiro atoms. The summed E-state index contributed by atoms with van der Waals surface area (Å²) in [4.78, 5) is 19.6. The number of urea groups is 1. The molecule has 0 bridgehead atoms. The molecule has 0 aliphatic carbocycles. The van der Waals surface area contributed by atoms with Crippen molar-refractivity contribution in [1.82, 2.24) is 14.7 Å². The maximum absolute atomic E-state index is 11.6. The van der Waals surface area contributed by atoms with Gasteiger partial charge in [-0.3, -0.25) is 9.50 Å². The smallest absolute Gasteiger partial charge is 0.363 e. The fourth-order valence-electron chi connectivity index (χ4n) is 1.26. The number of rotatable bonds is 6. The standard InChI is InChI=1S/C10H15IN4O5S/c1-6-8(11)7(2)13-9(12-6)14-10(16)15-21(17,18)20-5-4-19-3/h4-5H2,1-3H3,(H2,12,13,14,15,16). The maximum atomic E-state index is 11.6. The molecule has 0 fully saturated rings. The summed E-state index contributed by atoms with van der Waals surface area (Å²) >= 11 is 2.08. The third kappa shape index (κ3) is 6.07. The Morgan fingerprint density at radius 3 is 2.33 bits per heavy atom. The molecule has 9 nitrogen and oxygen atoms in total. The van der Waals surface area contributed by atoms with Crippen LogP contribution in [0.25, 0.3) is 0 Å². The van der Waals surface area contributed by atoms with Gasteiger partial charge in [0.05, 0.1) is 28.2 Å². The Bertz CT molecular complexity index is 599. The third-order valence-electron chi connectivity index (χ3n) is 2.15. The van der Waals surface area contributed by atoms with Crippen LogP contribution in [0.5, 0.6) is 0 Å². The number of nitrogens with one attached hydrogen (secondary N) is 2. The number of nitrogens with zero attached hydrogens (tertiary/aromatic N) is 2. The average molecular weight is 430 g/mol. The van der Waals surface area contributed by atoms with Crippen LogP contribution in [0, 0.1) is 17.4 Å². The molecular weight excluding hydrogens is 415 g/mol. The zero-order valence-corrected chi connectivity index (χ0v) is 14.6. The summed E-state index contributed by atoms with van der Waals surface area (Å²) in [6.45, 7) is 3.40. The number of hydrogen-bond donors (Lipinski definition) is 2. The molecule has 2 N–H and O–H groups in total. The highest BCUT2D eigenvalue weighted by Gasteiger charge is 2.16. The van der Waals surface area contributed by atoms with E-state index in [9.17, 15) is 13.2 Å². The van der Waals surface area contributed by atoms with Crippen molar-refractivity contribution in [3.05, 3.63) is 15.0 Å². The van der Waals surface area contributed by atoms with E-state index in [1.54, 1.807) is 18.6 Å². The largest absolute Gasteiger partial charge is 0.382 e. The first-order chi connectivity index (χ1) is 9.75. The van der Waals surface area contributed by atoms with Crippen LogP contribution in [-0.4, -0.2) is 44.7 Å². The lowest BCUT2D eigenvalue weighted by molar-refractivity contribution is 0.148. The molecule has 0 radical (unpaired) electrons. The van der Waals surface area contributed by atoms with E-state index in [1.165, 1.54) is 7.11 Å². The highest BCUT2D eigenvalue weighted by Crippen LogP contribution is 2.14. The number of hydrogen-bond acceptors (Lipinski definition) is 7. The molecule has 0 aliphatic rings. The van der Waals surface area contributed by atoms with Gasteiger partial charge in [0.1, 0.15) is 0 Å². The van der Waals surface area contributed by atoms with E-state index < -0.39 is 16.3 Å². The predicted molar refractivity (Wildman–Crippen MR) is 83.1 cm³/mol. The molecule has 118 valence electrons. The Morgan fingerprint density at radius 2 is 1.81 bits per heavy atom. The molecule has 0 aromatic carbocycles. The number of amides is 2. The maximum Gasteiger partial charge on any atom is 0.363 e. The predicted octanol–water partition coefficient (Wildman–Crippen LogP) is 0.727. The van der Waals surface area contributed by atoms with Crippen LogP contribution in [0.2, 0.25) is 0 Å². The van der Waals surface area contributed by atoms with Gasteiger partial charge in [0.15, 0.2) is 0 Å². The minimum absolute atomic E-state index is 0.00927. The number of anilines is 1. The van der Waals surface area contributed by atoms with Crippen LogP contribution in [-0.2, 0) is 19.2 Å². The van der Waals surface area contributed by atoms with Gasteiger partial charge in [-0.2, -0.15) is 8.42 Å². The lowest BCUT2D eigenvalue weighted by Gasteiger charge is -2.09. The summed E-state index contributed by atoms with van der Waals surface area (Å²) in [5.41, 5.74) is 1.36. The first-order valence-corrected chi connectivity index (χ1v) is 8.21. The number of ether oxygens (including phenoxy) is 1. The van der Waals surface area contributed by atoms with E-state index in [2.05, 4.69) is 46.8 Å². The first kappa shape index (κ1) is 18.0. The molecule has 0 saturated carbocycles. The molecule has 0 atom stereocenters. The van der Waals surface area contributed by atoms with Crippen molar-refractivity contribution in [2.45, 2.75) is 13.8 Å². The molecule has 1 heterocycles. The second-order valence-corrected chi connectivity index (χ2v) is 6.28. The molecule has 1 aromatic rings. The molecule has 11 heteroatoms. The fraction of sp³-hybridized carbons (Fsp3) is 0.500. The lowest BCUT2D eigenvalue weighted by atomic mass is 10.4. The number of carbonyl (C=O) groups is 1. The van der Waals surface area contributed by atoms with Crippen LogP contribution in [0.1, 0.15) is 11.4 Å². The molecule has 0 unspecified atom stereocenters. The Balaban J connectivity index is 2.65. The van der Waals surface area contributed by atoms with E-state index >= 15 is 0 Å². The first-order valence-electron chi connectivity index (χ1n) is 5.73. The summed E-state index contributed by atoms with van der Waals surface area (Å²) in [6, 6.07) is -1.01. The number of aryl methyl sites for hydroxylation is 2. The van der Waals surface area contributed by atoms with Crippen LogP contribution in [0.3, 0.4) is 0 Å². The van der Waals surface area contributed by atoms with Crippen molar-refractivity contribution in [3.63, 3.8) is 0 Å². The van der Waals surface area contributed by atoms with Crippen LogP contribution >= 0.6 is 22.6 Å². The van der Waals surface area contributed by atoms with E-state index in [4.69, 9.17) is 0 Å². The van der Waals surface area contributed by atoms with Gasteiger partial charge >= 0.3 is 16.3 Å². The van der Waals surface area contributed by atoms with E-state index in [0.717, 1.165) is 3.57 Å². The molecule has 1 rings (SSSR count). The van der Waals surface area contributed by atoms with Crippen molar-refractivity contribution in [3.8, 4) is 0 Å². The number of aromatic nitrogens is 2.